The summed E-state index contributed by atoms with van der Waals surface area (Å²) in [6.45, 7) is 3.19. The minimum Gasteiger partial charge on any atom is -0.462 e. The molecule has 2 aliphatic heterocycles. The van der Waals surface area contributed by atoms with E-state index < -0.39 is 0 Å². The van der Waals surface area contributed by atoms with Gasteiger partial charge in [-0.15, -0.1) is 0 Å². The summed E-state index contributed by atoms with van der Waals surface area (Å²) in [5.41, 5.74) is 0.626. The van der Waals surface area contributed by atoms with Gasteiger partial charge in [0, 0.05) is 10.4 Å². The molecule has 1 N–H and O–H groups in total. The maximum absolute atomic E-state index is 12.2. The van der Waals surface area contributed by atoms with Crippen molar-refractivity contribution in [2.24, 2.45) is 5.92 Å². The minimum absolute atomic E-state index is 0.203. The Morgan fingerprint density at radius 1 is 1.19 bits per heavy atom. The second-order valence-electron chi connectivity index (χ2n) is 6.24. The van der Waals surface area contributed by atoms with Crippen LogP contribution in [0.5, 0.6) is 0 Å². The number of hydrogen-bond donors (Lipinski definition) is 1. The smallest absolute Gasteiger partial charge is 0.339 e. The Morgan fingerprint density at radius 3 is 2.86 bits per heavy atom. The van der Waals surface area contributed by atoms with Crippen LogP contribution in [-0.4, -0.2) is 31.7 Å². The van der Waals surface area contributed by atoms with E-state index in [1.165, 1.54) is 45.2 Å². The summed E-state index contributed by atoms with van der Waals surface area (Å²) >= 11 is 3.41. The molecule has 0 bridgehead atoms. The van der Waals surface area contributed by atoms with Crippen LogP contribution in [0.1, 0.15) is 42.5 Å². The van der Waals surface area contributed by atoms with Gasteiger partial charge in [-0.3, -0.25) is 0 Å². The Hall–Kier alpha value is -0.870. The summed E-state index contributed by atoms with van der Waals surface area (Å²) in [7, 11) is 0. The van der Waals surface area contributed by atoms with Crippen molar-refractivity contribution >= 4 is 21.9 Å². The number of hydrogen-bond acceptors (Lipinski definition) is 2. The van der Waals surface area contributed by atoms with Crippen molar-refractivity contribution < 1.29 is 14.4 Å². The molecular weight excluding hydrogens is 330 g/mol. The average molecular weight is 353 g/mol. The summed E-state index contributed by atoms with van der Waals surface area (Å²) in [6, 6.07) is 8.18. The second kappa shape index (κ2) is 6.93. The molecule has 1 unspecified atom stereocenters. The maximum atomic E-state index is 12.2. The largest absolute Gasteiger partial charge is 0.462 e. The number of halogens is 1. The molecule has 21 heavy (non-hydrogen) atoms. The lowest BCUT2D eigenvalue weighted by molar-refractivity contribution is -0.940. The predicted octanol–water partition coefficient (Wildman–Crippen LogP) is 2.45. The molecule has 3 nitrogen and oxygen atoms in total. The van der Waals surface area contributed by atoms with Crippen LogP contribution in [0.4, 0.5) is 0 Å². The number of fused-ring (bicyclic) bond motifs is 1. The molecule has 1 aromatic rings. The van der Waals surface area contributed by atoms with Crippen molar-refractivity contribution in [3.8, 4) is 0 Å². The summed E-state index contributed by atoms with van der Waals surface area (Å²) in [4.78, 5) is 14.0. The van der Waals surface area contributed by atoms with Gasteiger partial charge in [-0.05, 0) is 60.2 Å². The van der Waals surface area contributed by atoms with Crippen molar-refractivity contribution in [1.82, 2.24) is 0 Å². The van der Waals surface area contributed by atoms with Gasteiger partial charge < -0.3 is 9.64 Å². The molecule has 2 heterocycles. The molecule has 114 valence electrons. The van der Waals surface area contributed by atoms with Crippen molar-refractivity contribution in [2.75, 3.05) is 19.7 Å². The summed E-state index contributed by atoms with van der Waals surface area (Å²) in [5.74, 6) is 0.339. The third-order valence-corrected chi connectivity index (χ3v) is 5.64. The van der Waals surface area contributed by atoms with E-state index in [1.807, 2.05) is 24.3 Å². The van der Waals surface area contributed by atoms with E-state index in [0.717, 1.165) is 4.47 Å². The zero-order valence-electron chi connectivity index (χ0n) is 12.3. The molecule has 0 amide bonds. The maximum Gasteiger partial charge on any atom is 0.339 e. The van der Waals surface area contributed by atoms with Crippen molar-refractivity contribution in [1.29, 1.82) is 0 Å². The Labute approximate surface area is 134 Å². The number of ether oxygens (including phenoxy) is 1. The summed E-state index contributed by atoms with van der Waals surface area (Å²) in [6.07, 6.45) is 6.46. The van der Waals surface area contributed by atoms with E-state index in [-0.39, 0.29) is 5.97 Å². The number of carbonyl (C=O) groups excluding carboxylic acids is 1. The Morgan fingerprint density at radius 2 is 2.00 bits per heavy atom. The standard InChI is InChI=1S/C17H22BrNO2/c18-15-8-2-1-7-14(15)17(20)21-12-13-6-5-11-19-10-4-3-9-16(13)19/h1-2,7-8,13,16H,3-6,9-12H2/p+1/t13-,16-/m0/s1. The highest BCUT2D eigenvalue weighted by Gasteiger charge is 2.37. The van der Waals surface area contributed by atoms with Crippen LogP contribution in [0.15, 0.2) is 28.7 Å². The number of carbonyl (C=O) groups is 1. The number of rotatable bonds is 3. The molecule has 3 rings (SSSR count). The van der Waals surface area contributed by atoms with Crippen molar-refractivity contribution in [2.45, 2.75) is 38.1 Å². The molecule has 3 atom stereocenters. The van der Waals surface area contributed by atoms with Gasteiger partial charge in [-0.25, -0.2) is 4.79 Å². The van der Waals surface area contributed by atoms with Crippen LogP contribution >= 0.6 is 15.9 Å². The highest BCUT2D eigenvalue weighted by molar-refractivity contribution is 9.10. The van der Waals surface area contributed by atoms with E-state index in [4.69, 9.17) is 4.74 Å². The third-order valence-electron chi connectivity index (χ3n) is 4.95. The van der Waals surface area contributed by atoms with Gasteiger partial charge in [0.25, 0.3) is 0 Å². The molecule has 0 aromatic heterocycles. The molecule has 0 radical (unpaired) electrons. The van der Waals surface area contributed by atoms with E-state index in [0.29, 0.717) is 24.1 Å². The first-order valence-electron chi connectivity index (χ1n) is 8.02. The van der Waals surface area contributed by atoms with Gasteiger partial charge in [0.05, 0.1) is 24.7 Å². The fourth-order valence-corrected chi connectivity index (χ4v) is 4.31. The van der Waals surface area contributed by atoms with E-state index in [2.05, 4.69) is 15.9 Å². The van der Waals surface area contributed by atoms with Crippen LogP contribution in [0.25, 0.3) is 0 Å². The fraction of sp³-hybridized carbons (Fsp3) is 0.588. The van der Waals surface area contributed by atoms with Gasteiger partial charge in [-0.1, -0.05) is 12.1 Å². The molecule has 0 aliphatic carbocycles. The van der Waals surface area contributed by atoms with Crippen LogP contribution in [-0.2, 0) is 4.74 Å². The van der Waals surface area contributed by atoms with Gasteiger partial charge in [0.2, 0.25) is 0 Å². The molecule has 2 saturated heterocycles. The van der Waals surface area contributed by atoms with Gasteiger partial charge in [0.15, 0.2) is 0 Å². The predicted molar refractivity (Wildman–Crippen MR) is 85.5 cm³/mol. The lowest BCUT2D eigenvalue weighted by atomic mass is 9.84. The first-order chi connectivity index (χ1) is 10.3. The minimum atomic E-state index is -0.203. The van der Waals surface area contributed by atoms with Crippen LogP contribution in [0.3, 0.4) is 0 Å². The Balaban J connectivity index is 1.59. The molecule has 0 saturated carbocycles. The zero-order valence-corrected chi connectivity index (χ0v) is 13.9. The number of nitrogens with one attached hydrogen (secondary N) is 1. The Kier molecular flexibility index (Phi) is 4.96. The van der Waals surface area contributed by atoms with Gasteiger partial charge in [0.1, 0.15) is 6.61 Å². The molecular formula is C17H23BrNO2+. The molecule has 4 heteroatoms. The van der Waals surface area contributed by atoms with Crippen LogP contribution in [0.2, 0.25) is 0 Å². The molecule has 1 aromatic carbocycles. The lowest BCUT2D eigenvalue weighted by Gasteiger charge is -2.41. The number of benzene rings is 1. The highest BCUT2D eigenvalue weighted by atomic mass is 79.9. The average Bonchev–Trinajstić information content (AvgIpc) is 2.53. The van der Waals surface area contributed by atoms with Crippen LogP contribution in [0, 0.1) is 5.92 Å². The normalized spacial score (nSPS) is 28.7. The molecule has 2 fully saturated rings. The second-order valence-corrected chi connectivity index (χ2v) is 7.10. The fourth-order valence-electron chi connectivity index (χ4n) is 3.86. The third kappa shape index (κ3) is 3.49. The quantitative estimate of drug-likeness (QED) is 0.847. The van der Waals surface area contributed by atoms with Crippen LogP contribution < -0.4 is 4.90 Å². The molecule has 2 aliphatic rings. The SMILES string of the molecule is O=C(OC[C@@H]1CCC[NH+]2CCCC[C@@H]12)c1ccccc1Br. The van der Waals surface area contributed by atoms with Gasteiger partial charge in [-0.2, -0.15) is 0 Å². The number of piperidine rings is 2. The topological polar surface area (TPSA) is 30.7 Å². The summed E-state index contributed by atoms with van der Waals surface area (Å²) in [5, 5.41) is 0. The van der Waals surface area contributed by atoms with E-state index in [1.54, 1.807) is 4.90 Å². The monoisotopic (exact) mass is 352 g/mol. The first-order valence-corrected chi connectivity index (χ1v) is 8.81. The van der Waals surface area contributed by atoms with Crippen molar-refractivity contribution in [3.05, 3.63) is 34.3 Å². The first kappa shape index (κ1) is 15.0. The zero-order chi connectivity index (χ0) is 14.7. The molecule has 0 spiro atoms. The number of esters is 1. The lowest BCUT2D eigenvalue weighted by Crippen LogP contribution is -3.18. The van der Waals surface area contributed by atoms with E-state index >= 15 is 0 Å². The number of quaternary nitrogens is 1. The van der Waals surface area contributed by atoms with E-state index in [9.17, 15) is 4.79 Å². The highest BCUT2D eigenvalue weighted by Crippen LogP contribution is 2.22. The Bertz CT molecular complexity index is 503. The van der Waals surface area contributed by atoms with Gasteiger partial charge >= 0.3 is 5.97 Å². The van der Waals surface area contributed by atoms with Crippen molar-refractivity contribution in [3.63, 3.8) is 0 Å². The summed E-state index contributed by atoms with van der Waals surface area (Å²) < 4.78 is 6.42.